The average Bonchev–Trinajstić information content (AvgIpc) is 2.66. The van der Waals surface area contributed by atoms with Crippen LogP contribution in [0.4, 0.5) is 0 Å². The molecule has 102 valence electrons. The lowest BCUT2D eigenvalue weighted by molar-refractivity contribution is 0.0343. The maximum atomic E-state index is 5.36. The number of nitrogens with one attached hydrogen (secondary N) is 1. The monoisotopic (exact) mass is 269 g/mol. The maximum Gasteiger partial charge on any atom is 0.0900 e. The second kappa shape index (κ2) is 6.61. The average molecular weight is 269 g/mol. The van der Waals surface area contributed by atoms with Crippen molar-refractivity contribution in [3.8, 4) is 0 Å². The normalized spacial score (nSPS) is 19.1. The first kappa shape index (κ1) is 13.9. The van der Waals surface area contributed by atoms with E-state index in [0.29, 0.717) is 6.04 Å². The highest BCUT2D eigenvalue weighted by Crippen LogP contribution is 2.16. The Hall–Kier alpha value is -0.490. The number of morpholine rings is 1. The van der Waals surface area contributed by atoms with Crippen molar-refractivity contribution in [3.05, 3.63) is 15.6 Å². The molecule has 0 aromatic carbocycles. The van der Waals surface area contributed by atoms with Gasteiger partial charge in [0.2, 0.25) is 0 Å². The summed E-state index contributed by atoms with van der Waals surface area (Å²) in [6, 6.07) is 0.505. The summed E-state index contributed by atoms with van der Waals surface area (Å²) in [4.78, 5) is 8.28. The largest absolute Gasteiger partial charge is 0.379 e. The number of rotatable bonds is 5. The van der Waals surface area contributed by atoms with Crippen LogP contribution in [-0.2, 0) is 11.3 Å². The molecule has 0 amide bonds. The zero-order valence-corrected chi connectivity index (χ0v) is 12.3. The molecule has 0 aliphatic carbocycles. The van der Waals surface area contributed by atoms with E-state index < -0.39 is 0 Å². The van der Waals surface area contributed by atoms with Gasteiger partial charge in [-0.2, -0.15) is 0 Å². The molecule has 1 fully saturated rings. The summed E-state index contributed by atoms with van der Waals surface area (Å²) in [5, 5.41) is 4.75. The van der Waals surface area contributed by atoms with Gasteiger partial charge in [0.1, 0.15) is 0 Å². The molecule has 0 spiro atoms. The Kier molecular flexibility index (Phi) is 5.12. The van der Waals surface area contributed by atoms with Crippen molar-refractivity contribution in [1.82, 2.24) is 15.2 Å². The first-order valence-electron chi connectivity index (χ1n) is 6.61. The van der Waals surface area contributed by atoms with Crippen LogP contribution in [0.15, 0.2) is 0 Å². The zero-order valence-electron chi connectivity index (χ0n) is 11.5. The van der Waals surface area contributed by atoms with E-state index in [2.05, 4.69) is 36.0 Å². The summed E-state index contributed by atoms with van der Waals surface area (Å²) in [5.41, 5.74) is 1.17. The Morgan fingerprint density at radius 1 is 1.39 bits per heavy atom. The predicted octanol–water partition coefficient (Wildman–Crippen LogP) is 1.57. The minimum atomic E-state index is 0.505. The van der Waals surface area contributed by atoms with Gasteiger partial charge in [0.25, 0.3) is 0 Å². The van der Waals surface area contributed by atoms with Crippen molar-refractivity contribution in [2.75, 3.05) is 32.8 Å². The van der Waals surface area contributed by atoms with Gasteiger partial charge >= 0.3 is 0 Å². The molecule has 1 aromatic rings. The quantitative estimate of drug-likeness (QED) is 0.880. The molecule has 1 saturated heterocycles. The smallest absolute Gasteiger partial charge is 0.0900 e. The van der Waals surface area contributed by atoms with Gasteiger partial charge in [-0.15, -0.1) is 11.3 Å². The van der Waals surface area contributed by atoms with Crippen LogP contribution in [0.3, 0.4) is 0 Å². The molecular formula is C13H23N3OS. The first-order valence-corrected chi connectivity index (χ1v) is 7.43. The van der Waals surface area contributed by atoms with Gasteiger partial charge in [-0.1, -0.05) is 0 Å². The molecule has 1 aliphatic heterocycles. The highest BCUT2D eigenvalue weighted by Gasteiger charge is 2.14. The van der Waals surface area contributed by atoms with Gasteiger partial charge in [0, 0.05) is 37.1 Å². The number of hydrogen-bond donors (Lipinski definition) is 1. The summed E-state index contributed by atoms with van der Waals surface area (Å²) in [6.45, 7) is 12.3. The SMILES string of the molecule is Cc1nc(C)c(CNC(C)CN2CCOCC2)s1. The number of thiazole rings is 1. The molecule has 2 heterocycles. The molecule has 1 atom stereocenters. The third-order valence-electron chi connectivity index (χ3n) is 3.25. The van der Waals surface area contributed by atoms with E-state index in [1.165, 1.54) is 10.6 Å². The second-order valence-corrected chi connectivity index (χ2v) is 6.22. The van der Waals surface area contributed by atoms with E-state index in [4.69, 9.17) is 4.74 Å². The van der Waals surface area contributed by atoms with Crippen LogP contribution in [0.25, 0.3) is 0 Å². The van der Waals surface area contributed by atoms with Gasteiger partial charge in [-0.25, -0.2) is 4.98 Å². The lowest BCUT2D eigenvalue weighted by Gasteiger charge is -2.29. The molecule has 5 heteroatoms. The van der Waals surface area contributed by atoms with Crippen LogP contribution in [-0.4, -0.2) is 48.8 Å². The van der Waals surface area contributed by atoms with Gasteiger partial charge in [-0.3, -0.25) is 4.90 Å². The Morgan fingerprint density at radius 2 is 2.11 bits per heavy atom. The molecule has 18 heavy (non-hydrogen) atoms. The number of aromatic nitrogens is 1. The third kappa shape index (κ3) is 4.02. The number of ether oxygens (including phenoxy) is 1. The summed E-state index contributed by atoms with van der Waals surface area (Å²) in [6.07, 6.45) is 0. The van der Waals surface area contributed by atoms with Crippen molar-refractivity contribution < 1.29 is 4.74 Å². The molecule has 1 aliphatic rings. The summed E-state index contributed by atoms with van der Waals surface area (Å²) in [7, 11) is 0. The zero-order chi connectivity index (χ0) is 13.0. The minimum absolute atomic E-state index is 0.505. The molecule has 0 bridgehead atoms. The Balaban J connectivity index is 1.74. The second-order valence-electron chi connectivity index (χ2n) is 4.94. The van der Waals surface area contributed by atoms with Crippen LogP contribution in [0.2, 0.25) is 0 Å². The number of aryl methyl sites for hydroxylation is 2. The summed E-state index contributed by atoms with van der Waals surface area (Å²) < 4.78 is 5.36. The predicted molar refractivity (Wildman–Crippen MR) is 75.1 cm³/mol. The molecule has 1 aromatic heterocycles. The van der Waals surface area contributed by atoms with Gasteiger partial charge in [0.15, 0.2) is 0 Å². The van der Waals surface area contributed by atoms with Gasteiger partial charge in [-0.05, 0) is 20.8 Å². The minimum Gasteiger partial charge on any atom is -0.379 e. The molecule has 1 N–H and O–H groups in total. The lowest BCUT2D eigenvalue weighted by atomic mass is 10.2. The third-order valence-corrected chi connectivity index (χ3v) is 4.32. The fraction of sp³-hybridized carbons (Fsp3) is 0.769. The maximum absolute atomic E-state index is 5.36. The van der Waals surface area contributed by atoms with E-state index in [1.54, 1.807) is 11.3 Å². The fourth-order valence-corrected chi connectivity index (χ4v) is 3.13. The summed E-state index contributed by atoms with van der Waals surface area (Å²) in [5.74, 6) is 0. The van der Waals surface area contributed by atoms with Crippen LogP contribution in [0.1, 0.15) is 22.5 Å². The van der Waals surface area contributed by atoms with Crippen molar-refractivity contribution >= 4 is 11.3 Å². The lowest BCUT2D eigenvalue weighted by Crippen LogP contribution is -2.44. The molecule has 2 rings (SSSR count). The highest BCUT2D eigenvalue weighted by atomic mass is 32.1. The highest BCUT2D eigenvalue weighted by molar-refractivity contribution is 7.11. The van der Waals surface area contributed by atoms with Gasteiger partial charge in [0.05, 0.1) is 23.9 Å². The molecule has 0 radical (unpaired) electrons. The van der Waals surface area contributed by atoms with Crippen molar-refractivity contribution in [3.63, 3.8) is 0 Å². The first-order chi connectivity index (χ1) is 8.65. The van der Waals surface area contributed by atoms with Crippen LogP contribution < -0.4 is 5.32 Å². The summed E-state index contributed by atoms with van der Waals surface area (Å²) >= 11 is 1.80. The van der Waals surface area contributed by atoms with Crippen LogP contribution in [0.5, 0.6) is 0 Å². The van der Waals surface area contributed by atoms with E-state index in [1.807, 2.05) is 0 Å². The number of nitrogens with zero attached hydrogens (tertiary/aromatic N) is 2. The molecular weight excluding hydrogens is 246 g/mol. The van der Waals surface area contributed by atoms with E-state index >= 15 is 0 Å². The topological polar surface area (TPSA) is 37.4 Å². The van der Waals surface area contributed by atoms with Gasteiger partial charge < -0.3 is 10.1 Å². The van der Waals surface area contributed by atoms with Crippen LogP contribution >= 0.6 is 11.3 Å². The van der Waals surface area contributed by atoms with E-state index in [-0.39, 0.29) is 0 Å². The Morgan fingerprint density at radius 3 is 2.72 bits per heavy atom. The fourth-order valence-electron chi connectivity index (χ4n) is 2.24. The molecule has 1 unspecified atom stereocenters. The van der Waals surface area contributed by atoms with Crippen LogP contribution in [0, 0.1) is 13.8 Å². The van der Waals surface area contributed by atoms with E-state index in [0.717, 1.165) is 44.4 Å². The van der Waals surface area contributed by atoms with E-state index in [9.17, 15) is 0 Å². The Bertz CT molecular complexity index is 374. The van der Waals surface area contributed by atoms with Crippen molar-refractivity contribution in [2.24, 2.45) is 0 Å². The Labute approximate surface area is 113 Å². The van der Waals surface area contributed by atoms with Crippen molar-refractivity contribution in [1.29, 1.82) is 0 Å². The number of hydrogen-bond acceptors (Lipinski definition) is 5. The standard InChI is InChI=1S/C13H23N3OS/c1-10(9-16-4-6-17-7-5-16)14-8-13-11(2)15-12(3)18-13/h10,14H,4-9H2,1-3H3. The van der Waals surface area contributed by atoms with Crippen molar-refractivity contribution in [2.45, 2.75) is 33.4 Å². The molecule has 4 nitrogen and oxygen atoms in total. The molecule has 0 saturated carbocycles.